The Kier molecular flexibility index (Phi) is 5.30. The number of nitrogens with zero attached hydrogens (tertiary/aromatic N) is 1. The van der Waals surface area contributed by atoms with E-state index in [2.05, 4.69) is 32.6 Å². The van der Waals surface area contributed by atoms with Gasteiger partial charge in [0.15, 0.2) is 0 Å². The van der Waals surface area contributed by atoms with E-state index in [9.17, 15) is 0 Å². The summed E-state index contributed by atoms with van der Waals surface area (Å²) in [4.78, 5) is 2.76. The molecule has 0 amide bonds. The minimum Gasteiger partial charge on any atom is -0.329 e. The molecular weight excluding hydrogens is 232 g/mol. The lowest BCUT2D eigenvalue weighted by Crippen LogP contribution is -2.56. The molecule has 0 bridgehead atoms. The van der Waals surface area contributed by atoms with Crippen molar-refractivity contribution in [3.8, 4) is 0 Å². The van der Waals surface area contributed by atoms with Crippen molar-refractivity contribution in [2.45, 2.75) is 71.9 Å². The highest BCUT2D eigenvalue weighted by Gasteiger charge is 2.36. The van der Waals surface area contributed by atoms with Gasteiger partial charge in [0, 0.05) is 25.2 Å². The number of rotatable bonds is 3. The van der Waals surface area contributed by atoms with Gasteiger partial charge in [-0.05, 0) is 49.9 Å². The first kappa shape index (κ1) is 15.3. The van der Waals surface area contributed by atoms with E-state index in [4.69, 9.17) is 5.73 Å². The maximum atomic E-state index is 6.18. The average Bonchev–Trinajstić information content (AvgIpc) is 2.38. The lowest BCUT2D eigenvalue weighted by Gasteiger charge is -2.48. The predicted octanol–water partition coefficient (Wildman–Crippen LogP) is 3.51. The van der Waals surface area contributed by atoms with Gasteiger partial charge in [0.2, 0.25) is 0 Å². The van der Waals surface area contributed by atoms with E-state index in [0.717, 1.165) is 30.2 Å². The van der Waals surface area contributed by atoms with Crippen LogP contribution in [0.5, 0.6) is 0 Å². The average molecular weight is 266 g/mol. The van der Waals surface area contributed by atoms with Gasteiger partial charge in [-0.3, -0.25) is 4.90 Å². The molecule has 2 N–H and O–H groups in total. The monoisotopic (exact) mass is 266 g/mol. The van der Waals surface area contributed by atoms with Crippen LogP contribution in [0, 0.1) is 23.7 Å². The Morgan fingerprint density at radius 2 is 1.63 bits per heavy atom. The molecule has 0 aromatic heterocycles. The second-order valence-electron chi connectivity index (χ2n) is 7.58. The highest BCUT2D eigenvalue weighted by molar-refractivity contribution is 4.91. The number of hydrogen-bond donors (Lipinski definition) is 1. The molecule has 1 saturated carbocycles. The van der Waals surface area contributed by atoms with Crippen molar-refractivity contribution in [2.24, 2.45) is 29.4 Å². The summed E-state index contributed by atoms with van der Waals surface area (Å²) in [5.74, 6) is 3.44. The summed E-state index contributed by atoms with van der Waals surface area (Å²) in [5.41, 5.74) is 6.18. The Hall–Kier alpha value is -0.0800. The van der Waals surface area contributed by atoms with Crippen LogP contribution in [0.3, 0.4) is 0 Å². The van der Waals surface area contributed by atoms with Crippen molar-refractivity contribution >= 4 is 0 Å². The minimum atomic E-state index is 0.632. The quantitative estimate of drug-likeness (QED) is 0.847. The standard InChI is InChI=1S/C17H34N2/c1-12-5-7-16(8-6-12)17(10-18)19-11-13(2)9-14(3)15(19)4/h12-17H,5-11,18H2,1-4H3. The van der Waals surface area contributed by atoms with E-state index in [-0.39, 0.29) is 0 Å². The summed E-state index contributed by atoms with van der Waals surface area (Å²) in [6, 6.07) is 1.34. The molecule has 1 aliphatic carbocycles. The van der Waals surface area contributed by atoms with Crippen LogP contribution in [0.15, 0.2) is 0 Å². The molecule has 2 aliphatic rings. The van der Waals surface area contributed by atoms with Gasteiger partial charge in [0.25, 0.3) is 0 Å². The van der Waals surface area contributed by atoms with Crippen LogP contribution in [0.4, 0.5) is 0 Å². The summed E-state index contributed by atoms with van der Waals surface area (Å²) < 4.78 is 0. The van der Waals surface area contributed by atoms with Crippen LogP contribution in [-0.4, -0.2) is 30.1 Å². The van der Waals surface area contributed by atoms with Crippen molar-refractivity contribution < 1.29 is 0 Å². The normalized spacial score (nSPS) is 43.1. The molecule has 1 aliphatic heterocycles. The SMILES string of the molecule is CC1CCC(C(CN)N2CC(C)CC(C)C2C)CC1. The third-order valence-corrected chi connectivity index (χ3v) is 5.92. The van der Waals surface area contributed by atoms with Crippen LogP contribution in [0.1, 0.15) is 59.8 Å². The maximum absolute atomic E-state index is 6.18. The van der Waals surface area contributed by atoms with Gasteiger partial charge in [-0.15, -0.1) is 0 Å². The molecule has 2 rings (SSSR count). The molecule has 2 nitrogen and oxygen atoms in total. The Morgan fingerprint density at radius 3 is 2.21 bits per heavy atom. The lowest BCUT2D eigenvalue weighted by molar-refractivity contribution is 0.00940. The molecule has 4 unspecified atom stereocenters. The summed E-state index contributed by atoms with van der Waals surface area (Å²) >= 11 is 0. The molecule has 4 atom stereocenters. The molecule has 19 heavy (non-hydrogen) atoms. The van der Waals surface area contributed by atoms with E-state index in [1.165, 1.54) is 38.6 Å². The van der Waals surface area contributed by atoms with Crippen LogP contribution in [0.25, 0.3) is 0 Å². The smallest absolute Gasteiger partial charge is 0.0249 e. The van der Waals surface area contributed by atoms with Gasteiger partial charge in [-0.2, -0.15) is 0 Å². The zero-order valence-electron chi connectivity index (χ0n) is 13.4. The van der Waals surface area contributed by atoms with Gasteiger partial charge in [-0.1, -0.05) is 33.6 Å². The Labute approximate surface area is 120 Å². The molecule has 1 heterocycles. The number of hydrogen-bond acceptors (Lipinski definition) is 2. The highest BCUT2D eigenvalue weighted by Crippen LogP contribution is 2.36. The fourth-order valence-corrected chi connectivity index (χ4v) is 4.47. The first-order chi connectivity index (χ1) is 9.02. The first-order valence-corrected chi connectivity index (χ1v) is 8.48. The van der Waals surface area contributed by atoms with E-state index >= 15 is 0 Å². The molecule has 1 saturated heterocycles. The van der Waals surface area contributed by atoms with Gasteiger partial charge in [-0.25, -0.2) is 0 Å². The summed E-state index contributed by atoms with van der Waals surface area (Å²) in [6.07, 6.45) is 7.00. The zero-order valence-corrected chi connectivity index (χ0v) is 13.4. The van der Waals surface area contributed by atoms with Crippen molar-refractivity contribution in [3.05, 3.63) is 0 Å². The Morgan fingerprint density at radius 1 is 1.00 bits per heavy atom. The number of likely N-dealkylation sites (tertiary alicyclic amines) is 1. The molecule has 2 heteroatoms. The van der Waals surface area contributed by atoms with Crippen molar-refractivity contribution in [3.63, 3.8) is 0 Å². The van der Waals surface area contributed by atoms with Crippen LogP contribution < -0.4 is 5.73 Å². The molecule has 112 valence electrons. The van der Waals surface area contributed by atoms with Gasteiger partial charge < -0.3 is 5.73 Å². The molecule has 0 spiro atoms. The summed E-state index contributed by atoms with van der Waals surface area (Å²) in [7, 11) is 0. The molecular formula is C17H34N2. The first-order valence-electron chi connectivity index (χ1n) is 8.48. The molecule has 0 radical (unpaired) electrons. The summed E-state index contributed by atoms with van der Waals surface area (Å²) in [5, 5.41) is 0. The predicted molar refractivity (Wildman–Crippen MR) is 83.1 cm³/mol. The third kappa shape index (κ3) is 3.52. The highest BCUT2D eigenvalue weighted by atomic mass is 15.2. The van der Waals surface area contributed by atoms with Crippen LogP contribution >= 0.6 is 0 Å². The maximum Gasteiger partial charge on any atom is 0.0249 e. The van der Waals surface area contributed by atoms with Crippen LogP contribution in [0.2, 0.25) is 0 Å². The fourth-order valence-electron chi connectivity index (χ4n) is 4.47. The van der Waals surface area contributed by atoms with Gasteiger partial charge in [0.05, 0.1) is 0 Å². The number of nitrogens with two attached hydrogens (primary N) is 1. The van der Waals surface area contributed by atoms with E-state index in [1.54, 1.807) is 0 Å². The molecule has 0 aromatic rings. The van der Waals surface area contributed by atoms with Crippen molar-refractivity contribution in [2.75, 3.05) is 13.1 Å². The topological polar surface area (TPSA) is 29.3 Å². The minimum absolute atomic E-state index is 0.632. The second-order valence-corrected chi connectivity index (χ2v) is 7.58. The van der Waals surface area contributed by atoms with Gasteiger partial charge in [0.1, 0.15) is 0 Å². The summed E-state index contributed by atoms with van der Waals surface area (Å²) in [6.45, 7) is 11.8. The third-order valence-electron chi connectivity index (χ3n) is 5.92. The van der Waals surface area contributed by atoms with Crippen molar-refractivity contribution in [1.29, 1.82) is 0 Å². The lowest BCUT2D eigenvalue weighted by atomic mass is 9.76. The van der Waals surface area contributed by atoms with E-state index in [0.29, 0.717) is 12.1 Å². The largest absolute Gasteiger partial charge is 0.329 e. The van der Waals surface area contributed by atoms with Crippen molar-refractivity contribution in [1.82, 2.24) is 4.90 Å². The second kappa shape index (κ2) is 6.58. The van der Waals surface area contributed by atoms with Gasteiger partial charge >= 0.3 is 0 Å². The number of piperidine rings is 1. The Balaban J connectivity index is 2.03. The molecule has 0 aromatic carbocycles. The zero-order chi connectivity index (χ0) is 14.0. The van der Waals surface area contributed by atoms with Crippen LogP contribution in [-0.2, 0) is 0 Å². The van der Waals surface area contributed by atoms with E-state index in [1.807, 2.05) is 0 Å². The molecule has 2 fully saturated rings. The fraction of sp³-hybridized carbons (Fsp3) is 1.00. The van der Waals surface area contributed by atoms with E-state index < -0.39 is 0 Å². The Bertz CT molecular complexity index is 270.